The van der Waals surface area contributed by atoms with Crippen LogP contribution in [0.15, 0.2) is 36.4 Å². The molecular formula is C24H20Cl5N3O3. The molecule has 2 N–H and O–H groups in total. The minimum absolute atomic E-state index is 0.135. The molecule has 6 nitrogen and oxygen atoms in total. The lowest BCUT2D eigenvalue weighted by atomic mass is 10.1. The Labute approximate surface area is 227 Å². The minimum atomic E-state index is -1.32. The van der Waals surface area contributed by atoms with Crippen molar-refractivity contribution < 1.29 is 14.4 Å². The second kappa shape index (κ2) is 9.31. The first-order valence-electron chi connectivity index (χ1n) is 11.1. The van der Waals surface area contributed by atoms with Gasteiger partial charge in [0.05, 0.1) is 22.5 Å². The number of alkyl halides is 2. The fourth-order valence-electron chi connectivity index (χ4n) is 4.42. The number of rotatable bonds is 6. The summed E-state index contributed by atoms with van der Waals surface area (Å²) in [5, 5.41) is 6.74. The Morgan fingerprint density at radius 3 is 2.23 bits per heavy atom. The van der Waals surface area contributed by atoms with E-state index < -0.39 is 22.1 Å². The van der Waals surface area contributed by atoms with Gasteiger partial charge in [-0.1, -0.05) is 34.8 Å². The molecule has 35 heavy (non-hydrogen) atoms. The lowest BCUT2D eigenvalue weighted by molar-refractivity contribution is -0.137. The maximum atomic E-state index is 13.0. The average Bonchev–Trinajstić information content (AvgIpc) is 3.66. The monoisotopic (exact) mass is 573 g/mol. The Kier molecular flexibility index (Phi) is 6.64. The molecule has 0 unspecified atom stereocenters. The first-order valence-corrected chi connectivity index (χ1v) is 13.0. The SMILES string of the molecule is O=C(NC1CN(C(=O)C2CC2)C1)c1cc(NC(=O)[C@H]2[C@H](c3cc(Cl)cc(Cl)c3)C2(Cl)Cl)ccc1Cl. The molecule has 2 aliphatic carbocycles. The van der Waals surface area contributed by atoms with Gasteiger partial charge in [0.25, 0.3) is 5.91 Å². The second-order valence-electron chi connectivity index (χ2n) is 9.20. The number of amides is 3. The van der Waals surface area contributed by atoms with Crippen LogP contribution >= 0.6 is 58.0 Å². The van der Waals surface area contributed by atoms with Crippen LogP contribution in [0, 0.1) is 11.8 Å². The Hall–Kier alpha value is -1.70. The molecule has 0 radical (unpaired) electrons. The topological polar surface area (TPSA) is 78.5 Å². The van der Waals surface area contributed by atoms with E-state index in [9.17, 15) is 14.4 Å². The number of carbonyl (C=O) groups excluding carboxylic acids is 3. The standard InChI is InChI=1S/C24H20Cl5N3O3/c25-13-5-12(6-14(26)7-13)19-20(24(19,28)29)22(34)30-15-3-4-18(27)17(8-15)21(33)31-16-9-32(10-16)23(35)11-1-2-11/h3-8,11,16,19-20H,1-2,9-10H2,(H,30,34)(H,31,33)/t19-,20+/m0/s1. The van der Waals surface area contributed by atoms with Crippen LogP contribution in [0.3, 0.4) is 0 Å². The Balaban J connectivity index is 1.23. The predicted molar refractivity (Wildman–Crippen MR) is 138 cm³/mol. The fourth-order valence-corrected chi connectivity index (χ4v) is 6.00. The number of carbonyl (C=O) groups is 3. The summed E-state index contributed by atoms with van der Waals surface area (Å²) in [6.45, 7) is 0.971. The number of likely N-dealkylation sites (tertiary alicyclic amines) is 1. The molecule has 1 aliphatic heterocycles. The number of benzene rings is 2. The summed E-state index contributed by atoms with van der Waals surface area (Å²) in [4.78, 5) is 39.6. The molecule has 1 saturated heterocycles. The number of hydrogen-bond donors (Lipinski definition) is 2. The molecule has 184 valence electrons. The number of halogens is 5. The molecule has 0 aromatic heterocycles. The van der Waals surface area contributed by atoms with Crippen LogP contribution in [-0.4, -0.2) is 46.1 Å². The van der Waals surface area contributed by atoms with Crippen LogP contribution in [0.1, 0.15) is 34.7 Å². The second-order valence-corrected chi connectivity index (χ2v) is 11.9. The van der Waals surface area contributed by atoms with Crippen LogP contribution in [0.4, 0.5) is 5.69 Å². The number of nitrogens with zero attached hydrogens (tertiary/aromatic N) is 1. The molecule has 0 bridgehead atoms. The van der Waals surface area contributed by atoms with Crippen molar-refractivity contribution in [2.24, 2.45) is 11.8 Å². The smallest absolute Gasteiger partial charge is 0.253 e. The van der Waals surface area contributed by atoms with E-state index >= 15 is 0 Å². The van der Waals surface area contributed by atoms with Crippen molar-refractivity contribution in [3.63, 3.8) is 0 Å². The van der Waals surface area contributed by atoms with E-state index in [0.717, 1.165) is 12.8 Å². The highest BCUT2D eigenvalue weighted by Crippen LogP contribution is 2.65. The van der Waals surface area contributed by atoms with E-state index in [1.807, 2.05) is 0 Å². The first-order chi connectivity index (χ1) is 16.5. The van der Waals surface area contributed by atoms with Gasteiger partial charge in [0, 0.05) is 40.7 Å². The molecule has 1 heterocycles. The quantitative estimate of drug-likeness (QED) is 0.445. The molecule has 3 aliphatic rings. The van der Waals surface area contributed by atoms with E-state index in [4.69, 9.17) is 58.0 Å². The van der Waals surface area contributed by atoms with E-state index in [-0.39, 0.29) is 34.4 Å². The van der Waals surface area contributed by atoms with E-state index in [2.05, 4.69) is 10.6 Å². The fraction of sp³-hybridized carbons (Fsp3) is 0.375. The van der Waals surface area contributed by atoms with Crippen molar-refractivity contribution in [1.29, 1.82) is 0 Å². The van der Waals surface area contributed by atoms with Gasteiger partial charge in [-0.25, -0.2) is 0 Å². The summed E-state index contributed by atoms with van der Waals surface area (Å²) < 4.78 is -1.32. The van der Waals surface area contributed by atoms with E-state index in [0.29, 0.717) is 34.4 Å². The summed E-state index contributed by atoms with van der Waals surface area (Å²) >= 11 is 31.3. The maximum Gasteiger partial charge on any atom is 0.253 e. The highest BCUT2D eigenvalue weighted by molar-refractivity contribution is 6.53. The molecule has 3 amide bonds. The zero-order valence-corrected chi connectivity index (χ0v) is 21.9. The lowest BCUT2D eigenvalue weighted by Crippen LogP contribution is -2.61. The van der Waals surface area contributed by atoms with Gasteiger partial charge in [0.15, 0.2) is 0 Å². The third-order valence-corrected chi connectivity index (χ3v) is 8.22. The maximum absolute atomic E-state index is 13.0. The van der Waals surface area contributed by atoms with Crippen molar-refractivity contribution in [3.05, 3.63) is 62.6 Å². The normalized spacial score (nSPS) is 22.8. The molecule has 2 aromatic rings. The van der Waals surface area contributed by atoms with Crippen LogP contribution in [0.5, 0.6) is 0 Å². The third kappa shape index (κ3) is 5.09. The minimum Gasteiger partial charge on any atom is -0.346 e. The molecule has 3 fully saturated rings. The highest BCUT2D eigenvalue weighted by atomic mass is 35.5. The molecule has 11 heteroatoms. The Bertz CT molecular complexity index is 1210. The third-order valence-electron chi connectivity index (χ3n) is 6.51. The Morgan fingerprint density at radius 2 is 1.60 bits per heavy atom. The van der Waals surface area contributed by atoms with Crippen LogP contribution in [0.25, 0.3) is 0 Å². The van der Waals surface area contributed by atoms with Gasteiger partial charge in [0.1, 0.15) is 4.33 Å². The van der Waals surface area contributed by atoms with Gasteiger partial charge in [-0.15, -0.1) is 23.2 Å². The number of nitrogens with one attached hydrogen (secondary N) is 2. The highest BCUT2D eigenvalue weighted by Gasteiger charge is 2.67. The van der Waals surface area contributed by atoms with Gasteiger partial charge in [-0.3, -0.25) is 14.4 Å². The summed E-state index contributed by atoms with van der Waals surface area (Å²) in [7, 11) is 0. The average molecular weight is 576 g/mol. The van der Waals surface area contributed by atoms with Gasteiger partial charge < -0.3 is 15.5 Å². The largest absolute Gasteiger partial charge is 0.346 e. The van der Waals surface area contributed by atoms with Crippen molar-refractivity contribution in [2.45, 2.75) is 29.1 Å². The summed E-state index contributed by atoms with van der Waals surface area (Å²) in [5.74, 6) is -1.70. The lowest BCUT2D eigenvalue weighted by Gasteiger charge is -2.39. The zero-order valence-electron chi connectivity index (χ0n) is 18.2. The summed E-state index contributed by atoms with van der Waals surface area (Å²) in [5.41, 5.74) is 1.26. The van der Waals surface area contributed by atoms with Crippen LogP contribution in [-0.2, 0) is 9.59 Å². The van der Waals surface area contributed by atoms with Gasteiger partial charge in [0.2, 0.25) is 11.8 Å². The first kappa shape index (κ1) is 25.0. The summed E-state index contributed by atoms with van der Waals surface area (Å²) in [6.07, 6.45) is 1.90. The molecule has 2 atom stereocenters. The van der Waals surface area contributed by atoms with Crippen molar-refractivity contribution in [2.75, 3.05) is 18.4 Å². The van der Waals surface area contributed by atoms with E-state index in [1.54, 1.807) is 29.2 Å². The van der Waals surface area contributed by atoms with Crippen molar-refractivity contribution >= 4 is 81.4 Å². The van der Waals surface area contributed by atoms with Gasteiger partial charge in [-0.05, 0) is 54.8 Å². The zero-order chi connectivity index (χ0) is 25.1. The molecule has 5 rings (SSSR count). The number of anilines is 1. The Morgan fingerprint density at radius 1 is 0.943 bits per heavy atom. The molecule has 2 saturated carbocycles. The van der Waals surface area contributed by atoms with Crippen molar-refractivity contribution in [1.82, 2.24) is 10.2 Å². The molecule has 0 spiro atoms. The van der Waals surface area contributed by atoms with Gasteiger partial charge in [-0.2, -0.15) is 0 Å². The predicted octanol–water partition coefficient (Wildman–Crippen LogP) is 5.52. The molecular weight excluding hydrogens is 556 g/mol. The van der Waals surface area contributed by atoms with E-state index in [1.165, 1.54) is 12.1 Å². The summed E-state index contributed by atoms with van der Waals surface area (Å²) in [6, 6.07) is 9.42. The molecule has 2 aromatic carbocycles. The van der Waals surface area contributed by atoms with Gasteiger partial charge >= 0.3 is 0 Å². The van der Waals surface area contributed by atoms with Crippen LogP contribution < -0.4 is 10.6 Å². The number of hydrogen-bond acceptors (Lipinski definition) is 3. The van der Waals surface area contributed by atoms with Crippen molar-refractivity contribution in [3.8, 4) is 0 Å². The van der Waals surface area contributed by atoms with Crippen LogP contribution in [0.2, 0.25) is 15.1 Å².